The van der Waals surface area contributed by atoms with E-state index >= 15 is 0 Å². The highest BCUT2D eigenvalue weighted by Crippen LogP contribution is 2.38. The molecule has 2 N–H and O–H groups in total. The zero-order valence-electron chi connectivity index (χ0n) is 18.7. The second kappa shape index (κ2) is 10.0. The lowest BCUT2D eigenvalue weighted by molar-refractivity contribution is 0.0891. The largest absolute Gasteiger partial charge is 0.480 e. The monoisotopic (exact) mass is 487 g/mol. The fourth-order valence-corrected chi connectivity index (χ4v) is 4.84. The molecule has 0 unspecified atom stereocenters. The molecule has 3 aromatic rings. The van der Waals surface area contributed by atoms with Crippen LogP contribution in [0, 0.1) is 5.92 Å². The van der Waals surface area contributed by atoms with Crippen molar-refractivity contribution >= 4 is 30.1 Å². The van der Waals surface area contributed by atoms with Gasteiger partial charge in [0.2, 0.25) is 5.88 Å². The molecule has 4 rings (SSSR count). The number of nitrogens with zero attached hydrogens (tertiary/aromatic N) is 5. The van der Waals surface area contributed by atoms with Crippen LogP contribution in [0.1, 0.15) is 29.8 Å². The van der Waals surface area contributed by atoms with E-state index in [1.807, 2.05) is 4.90 Å². The molecule has 34 heavy (non-hydrogen) atoms. The van der Waals surface area contributed by atoms with Gasteiger partial charge in [0.05, 0.1) is 25.9 Å². The number of anilines is 1. The van der Waals surface area contributed by atoms with Gasteiger partial charge < -0.3 is 19.4 Å². The molecule has 1 saturated heterocycles. The van der Waals surface area contributed by atoms with Crippen molar-refractivity contribution in [3.8, 4) is 5.88 Å². The maximum Gasteiger partial charge on any atom is 0.325 e. The summed E-state index contributed by atoms with van der Waals surface area (Å²) in [5.41, 5.74) is -0.0728. The fourth-order valence-electron chi connectivity index (χ4n) is 4.14. The normalized spacial score (nSPS) is 15.0. The highest BCUT2D eigenvalue weighted by atomic mass is 31.2. The van der Waals surface area contributed by atoms with Crippen LogP contribution >= 0.6 is 7.60 Å². The third-order valence-electron chi connectivity index (χ3n) is 5.98. The molecule has 11 nitrogen and oxygen atoms in total. The molecular formula is C22H26N5O6P. The fraction of sp³-hybridized carbons (Fsp3) is 0.409. The molecule has 0 amide bonds. The first-order valence-electron chi connectivity index (χ1n) is 10.9. The smallest absolute Gasteiger partial charge is 0.325 e. The van der Waals surface area contributed by atoms with Crippen LogP contribution in [0.4, 0.5) is 5.82 Å². The standard InChI is InChI=1S/C22H26N5O6P/c1-33-21-20-16(14-24-27(22(20)29)19(28)13-17-4-2-3-8-23-17)12-18(25-21)26-9-5-15(6-10-26)7-11-34(30,31)32/h2-4,8,12,14-15H,5-7,9-11,13H2,1H3,(H2,30,31,32). The lowest BCUT2D eigenvalue weighted by Gasteiger charge is -2.33. The van der Waals surface area contributed by atoms with E-state index in [4.69, 9.17) is 14.5 Å². The van der Waals surface area contributed by atoms with Crippen molar-refractivity contribution in [1.29, 1.82) is 0 Å². The van der Waals surface area contributed by atoms with Gasteiger partial charge in [0.1, 0.15) is 11.2 Å². The van der Waals surface area contributed by atoms with Gasteiger partial charge in [-0.05, 0) is 43.4 Å². The number of pyridine rings is 2. The lowest BCUT2D eigenvalue weighted by atomic mass is 9.94. The number of carbonyl (C=O) groups is 1. The number of carbonyl (C=O) groups excluding carboxylic acids is 1. The summed E-state index contributed by atoms with van der Waals surface area (Å²) in [4.78, 5) is 54.7. The van der Waals surface area contributed by atoms with Gasteiger partial charge in [0.15, 0.2) is 0 Å². The molecule has 3 aromatic heterocycles. The highest BCUT2D eigenvalue weighted by Gasteiger charge is 2.25. The molecule has 180 valence electrons. The van der Waals surface area contributed by atoms with E-state index in [0.29, 0.717) is 36.4 Å². The summed E-state index contributed by atoms with van der Waals surface area (Å²) < 4.78 is 17.4. The average Bonchev–Trinajstić information content (AvgIpc) is 2.82. The minimum atomic E-state index is -3.99. The number of fused-ring (bicyclic) bond motifs is 1. The van der Waals surface area contributed by atoms with Crippen molar-refractivity contribution in [3.05, 3.63) is 52.7 Å². The SMILES string of the molecule is COc1nc(N2CCC(CCP(=O)(O)O)CC2)cc2cnn(C(=O)Cc3ccccn3)c(=O)c12. The van der Waals surface area contributed by atoms with Gasteiger partial charge in [-0.1, -0.05) is 6.07 Å². The van der Waals surface area contributed by atoms with Crippen molar-refractivity contribution in [2.45, 2.75) is 25.7 Å². The van der Waals surface area contributed by atoms with Crippen molar-refractivity contribution in [2.24, 2.45) is 5.92 Å². The predicted molar refractivity (Wildman–Crippen MR) is 125 cm³/mol. The van der Waals surface area contributed by atoms with Crippen molar-refractivity contribution < 1.29 is 23.9 Å². The maximum absolute atomic E-state index is 13.1. The minimum Gasteiger partial charge on any atom is -0.480 e. The molecule has 0 bridgehead atoms. The van der Waals surface area contributed by atoms with Crippen molar-refractivity contribution in [1.82, 2.24) is 19.7 Å². The van der Waals surface area contributed by atoms with Crippen molar-refractivity contribution in [3.63, 3.8) is 0 Å². The Morgan fingerprint density at radius 2 is 2.03 bits per heavy atom. The summed E-state index contributed by atoms with van der Waals surface area (Å²) >= 11 is 0. The first-order valence-corrected chi connectivity index (χ1v) is 12.7. The number of hydrogen-bond acceptors (Lipinski definition) is 8. The molecule has 0 aromatic carbocycles. The summed E-state index contributed by atoms with van der Waals surface area (Å²) in [6, 6.07) is 6.96. The molecule has 0 aliphatic carbocycles. The second-order valence-electron chi connectivity index (χ2n) is 8.31. The van der Waals surface area contributed by atoms with Gasteiger partial charge in [-0.25, -0.2) is 0 Å². The third kappa shape index (κ3) is 5.49. The van der Waals surface area contributed by atoms with Crippen LogP contribution in [-0.4, -0.2) is 61.8 Å². The zero-order valence-corrected chi connectivity index (χ0v) is 19.6. The van der Waals surface area contributed by atoms with Gasteiger partial charge in [-0.3, -0.25) is 19.1 Å². The van der Waals surface area contributed by atoms with Crippen LogP contribution in [0.5, 0.6) is 5.88 Å². The Balaban J connectivity index is 1.55. The van der Waals surface area contributed by atoms with E-state index in [1.54, 1.807) is 30.5 Å². The van der Waals surface area contributed by atoms with E-state index in [2.05, 4.69) is 15.1 Å². The van der Waals surface area contributed by atoms with Crippen LogP contribution < -0.4 is 15.2 Å². The Morgan fingerprint density at radius 1 is 1.26 bits per heavy atom. The van der Waals surface area contributed by atoms with Crippen molar-refractivity contribution in [2.75, 3.05) is 31.3 Å². The van der Waals surface area contributed by atoms with Crippen LogP contribution in [0.25, 0.3) is 10.8 Å². The third-order valence-corrected chi connectivity index (χ3v) is 6.82. The molecule has 1 aliphatic heterocycles. The first kappa shape index (κ1) is 24.0. The van der Waals surface area contributed by atoms with E-state index < -0.39 is 19.1 Å². The van der Waals surface area contributed by atoms with Gasteiger partial charge in [0, 0.05) is 30.4 Å². The first-order chi connectivity index (χ1) is 16.2. The van der Waals surface area contributed by atoms with Crippen LogP contribution in [0.2, 0.25) is 0 Å². The van der Waals surface area contributed by atoms with Gasteiger partial charge in [0.25, 0.3) is 11.5 Å². The summed E-state index contributed by atoms with van der Waals surface area (Å²) in [6.07, 6.45) is 4.92. The van der Waals surface area contributed by atoms with Gasteiger partial charge in [-0.2, -0.15) is 14.8 Å². The number of hydrogen-bond donors (Lipinski definition) is 2. The molecule has 12 heteroatoms. The molecule has 0 atom stereocenters. The average molecular weight is 487 g/mol. The molecule has 0 radical (unpaired) electrons. The molecule has 1 fully saturated rings. The highest BCUT2D eigenvalue weighted by molar-refractivity contribution is 7.51. The van der Waals surface area contributed by atoms with Crippen LogP contribution in [0.15, 0.2) is 41.5 Å². The Kier molecular flexibility index (Phi) is 7.06. The van der Waals surface area contributed by atoms with Crippen LogP contribution in [0.3, 0.4) is 0 Å². The number of rotatable bonds is 7. The lowest BCUT2D eigenvalue weighted by Crippen LogP contribution is -2.35. The molecule has 4 heterocycles. The number of piperidine rings is 1. The van der Waals surface area contributed by atoms with E-state index in [9.17, 15) is 14.2 Å². The minimum absolute atomic E-state index is 0.0654. The quantitative estimate of drug-likeness (QED) is 0.473. The summed E-state index contributed by atoms with van der Waals surface area (Å²) in [7, 11) is -2.57. The Bertz CT molecular complexity index is 1280. The molecule has 0 saturated carbocycles. The summed E-state index contributed by atoms with van der Waals surface area (Å²) in [5, 5.41) is 4.76. The number of aromatic nitrogens is 4. The Labute approximate surface area is 195 Å². The zero-order chi connectivity index (χ0) is 24.3. The summed E-state index contributed by atoms with van der Waals surface area (Å²) in [5.74, 6) is 0.471. The van der Waals surface area contributed by atoms with E-state index in [1.165, 1.54) is 13.3 Å². The van der Waals surface area contributed by atoms with Crippen LogP contribution in [-0.2, 0) is 11.0 Å². The number of ether oxygens (including phenoxy) is 1. The molecule has 0 spiro atoms. The predicted octanol–water partition coefficient (Wildman–Crippen LogP) is 1.86. The Hall–Kier alpha value is -3.14. The van der Waals surface area contributed by atoms with Gasteiger partial charge in [-0.15, -0.1) is 0 Å². The number of methoxy groups -OCH3 is 1. The van der Waals surface area contributed by atoms with E-state index in [-0.39, 0.29) is 29.8 Å². The van der Waals surface area contributed by atoms with Gasteiger partial charge >= 0.3 is 7.60 Å². The summed E-state index contributed by atoms with van der Waals surface area (Å²) in [6.45, 7) is 1.33. The topological polar surface area (TPSA) is 148 Å². The molecular weight excluding hydrogens is 461 g/mol. The molecule has 1 aliphatic rings. The van der Waals surface area contributed by atoms with E-state index in [0.717, 1.165) is 17.5 Å². The Morgan fingerprint density at radius 3 is 2.68 bits per heavy atom. The second-order valence-corrected chi connectivity index (χ2v) is 10.1. The maximum atomic E-state index is 13.1.